The molecule has 0 bridgehead atoms. The van der Waals surface area contributed by atoms with Crippen LogP contribution in [0.5, 0.6) is 0 Å². The first-order chi connectivity index (χ1) is 8.99. The molecule has 0 heterocycles. The van der Waals surface area contributed by atoms with E-state index in [9.17, 15) is 8.78 Å². The lowest BCUT2D eigenvalue weighted by molar-refractivity contribution is 0.268. The van der Waals surface area contributed by atoms with Crippen LogP contribution in [-0.2, 0) is 6.42 Å². The summed E-state index contributed by atoms with van der Waals surface area (Å²) in [6, 6.07) is 4.33. The van der Waals surface area contributed by atoms with E-state index in [0.717, 1.165) is 37.4 Å². The van der Waals surface area contributed by atoms with Crippen LogP contribution in [0.15, 0.2) is 18.2 Å². The molecule has 0 saturated heterocycles. The van der Waals surface area contributed by atoms with E-state index in [2.05, 4.69) is 19.2 Å². The highest BCUT2D eigenvalue weighted by atomic mass is 19.1. The molecule has 3 heteroatoms. The Morgan fingerprint density at radius 1 is 1.11 bits per heavy atom. The summed E-state index contributed by atoms with van der Waals surface area (Å²) in [5.74, 6) is -0.945. The monoisotopic (exact) mass is 267 g/mol. The predicted molar refractivity (Wildman–Crippen MR) is 74.1 cm³/mol. The number of nitrogens with one attached hydrogen (secondary N) is 1. The molecule has 0 radical (unpaired) electrons. The highest BCUT2D eigenvalue weighted by molar-refractivity contribution is 5.20. The van der Waals surface area contributed by atoms with Crippen molar-refractivity contribution in [3.63, 3.8) is 0 Å². The number of rotatable bonds is 5. The van der Waals surface area contributed by atoms with Gasteiger partial charge in [-0.3, -0.25) is 0 Å². The second kappa shape index (κ2) is 6.00. The molecule has 1 aromatic carbocycles. The molecule has 0 amide bonds. The van der Waals surface area contributed by atoms with Crippen molar-refractivity contribution in [1.82, 2.24) is 5.32 Å². The van der Waals surface area contributed by atoms with Gasteiger partial charge in [-0.15, -0.1) is 0 Å². The normalized spacial score (nSPS) is 18.2. The second-order valence-electron chi connectivity index (χ2n) is 6.20. The third-order valence-electron chi connectivity index (χ3n) is 4.05. The topological polar surface area (TPSA) is 12.0 Å². The van der Waals surface area contributed by atoms with Gasteiger partial charge in [0.1, 0.15) is 11.6 Å². The van der Waals surface area contributed by atoms with E-state index in [4.69, 9.17) is 0 Å². The second-order valence-corrected chi connectivity index (χ2v) is 6.20. The first-order valence-electron chi connectivity index (χ1n) is 7.17. The molecule has 1 aliphatic rings. The fourth-order valence-corrected chi connectivity index (χ4v) is 3.11. The summed E-state index contributed by atoms with van der Waals surface area (Å²) in [7, 11) is 0. The van der Waals surface area contributed by atoms with Crippen molar-refractivity contribution in [2.75, 3.05) is 6.54 Å². The van der Waals surface area contributed by atoms with Gasteiger partial charge in [0.05, 0.1) is 0 Å². The molecule has 1 nitrogen and oxygen atoms in total. The van der Waals surface area contributed by atoms with Crippen molar-refractivity contribution < 1.29 is 8.78 Å². The molecule has 1 N–H and O–H groups in total. The highest BCUT2D eigenvalue weighted by Crippen LogP contribution is 2.40. The molecule has 0 atom stereocenters. The zero-order valence-electron chi connectivity index (χ0n) is 11.8. The lowest BCUT2D eigenvalue weighted by Crippen LogP contribution is -2.37. The smallest absolute Gasteiger partial charge is 0.126 e. The molecule has 0 aliphatic heterocycles. The van der Waals surface area contributed by atoms with Gasteiger partial charge in [0.25, 0.3) is 0 Å². The molecular weight excluding hydrogens is 244 g/mol. The molecule has 1 aromatic rings. The van der Waals surface area contributed by atoms with Crippen LogP contribution in [-0.4, -0.2) is 12.6 Å². The number of halogens is 2. The largest absolute Gasteiger partial charge is 0.314 e. The lowest BCUT2D eigenvalue weighted by atomic mass is 9.79. The van der Waals surface area contributed by atoms with Crippen LogP contribution in [0.2, 0.25) is 0 Å². The van der Waals surface area contributed by atoms with Gasteiger partial charge in [0.15, 0.2) is 0 Å². The molecule has 1 fully saturated rings. The first-order valence-corrected chi connectivity index (χ1v) is 7.17. The zero-order chi connectivity index (χ0) is 13.9. The van der Waals surface area contributed by atoms with E-state index in [1.165, 1.54) is 25.0 Å². The summed E-state index contributed by atoms with van der Waals surface area (Å²) in [5, 5.41) is 3.49. The van der Waals surface area contributed by atoms with Gasteiger partial charge < -0.3 is 5.32 Å². The maximum absolute atomic E-state index is 13.3. The van der Waals surface area contributed by atoms with E-state index in [0.29, 0.717) is 6.04 Å². The van der Waals surface area contributed by atoms with Crippen molar-refractivity contribution in [1.29, 1.82) is 0 Å². The molecule has 106 valence electrons. The van der Waals surface area contributed by atoms with Gasteiger partial charge in [0, 0.05) is 18.7 Å². The fraction of sp³-hybridized carbons (Fsp3) is 0.625. The standard InChI is InChI=1S/C16H23F2N/c1-12(2)19-11-16(5-3-4-6-16)10-13-7-14(17)9-15(18)8-13/h7-9,12,19H,3-6,10-11H2,1-2H3. The minimum Gasteiger partial charge on any atom is -0.314 e. The van der Waals surface area contributed by atoms with E-state index < -0.39 is 11.6 Å². The van der Waals surface area contributed by atoms with Crippen molar-refractivity contribution in [3.8, 4) is 0 Å². The third kappa shape index (κ3) is 4.00. The quantitative estimate of drug-likeness (QED) is 0.848. The summed E-state index contributed by atoms with van der Waals surface area (Å²) in [6.07, 6.45) is 5.49. The minimum atomic E-state index is -0.472. The lowest BCUT2D eigenvalue weighted by Gasteiger charge is -2.30. The number of hydrogen-bond donors (Lipinski definition) is 1. The Bertz CT molecular complexity index is 403. The van der Waals surface area contributed by atoms with E-state index in [1.54, 1.807) is 0 Å². The Morgan fingerprint density at radius 3 is 2.21 bits per heavy atom. The van der Waals surface area contributed by atoms with E-state index in [-0.39, 0.29) is 5.41 Å². The summed E-state index contributed by atoms with van der Waals surface area (Å²) >= 11 is 0. The summed E-state index contributed by atoms with van der Waals surface area (Å²) in [6.45, 7) is 5.19. The molecule has 0 spiro atoms. The van der Waals surface area contributed by atoms with E-state index >= 15 is 0 Å². The van der Waals surface area contributed by atoms with Crippen molar-refractivity contribution in [3.05, 3.63) is 35.4 Å². The van der Waals surface area contributed by atoms with Gasteiger partial charge in [-0.05, 0) is 42.4 Å². The molecule has 2 rings (SSSR count). The van der Waals surface area contributed by atoms with Gasteiger partial charge in [0.2, 0.25) is 0 Å². The van der Waals surface area contributed by atoms with Crippen LogP contribution in [0.1, 0.15) is 45.1 Å². The number of hydrogen-bond acceptors (Lipinski definition) is 1. The Morgan fingerprint density at radius 2 is 1.68 bits per heavy atom. The van der Waals surface area contributed by atoms with Crippen molar-refractivity contribution in [2.45, 2.75) is 52.0 Å². The van der Waals surface area contributed by atoms with E-state index in [1.807, 2.05) is 0 Å². The van der Waals surface area contributed by atoms with Crippen LogP contribution in [0.25, 0.3) is 0 Å². The molecule has 0 unspecified atom stereocenters. The van der Waals surface area contributed by atoms with Gasteiger partial charge in [-0.1, -0.05) is 26.7 Å². The van der Waals surface area contributed by atoms with Crippen LogP contribution in [0, 0.1) is 17.0 Å². The molecule has 19 heavy (non-hydrogen) atoms. The summed E-state index contributed by atoms with van der Waals surface area (Å²) < 4.78 is 26.6. The van der Waals surface area contributed by atoms with Crippen molar-refractivity contribution in [2.24, 2.45) is 5.41 Å². The van der Waals surface area contributed by atoms with Crippen LogP contribution in [0.4, 0.5) is 8.78 Å². The average Bonchev–Trinajstić information content (AvgIpc) is 2.74. The molecular formula is C16H23F2N. The molecule has 0 aromatic heterocycles. The maximum atomic E-state index is 13.3. The highest BCUT2D eigenvalue weighted by Gasteiger charge is 2.33. The minimum absolute atomic E-state index is 0.171. The SMILES string of the molecule is CC(C)NCC1(Cc2cc(F)cc(F)c2)CCCC1. The fourth-order valence-electron chi connectivity index (χ4n) is 3.11. The van der Waals surface area contributed by atoms with Gasteiger partial charge >= 0.3 is 0 Å². The Hall–Kier alpha value is -0.960. The van der Waals surface area contributed by atoms with Crippen LogP contribution >= 0.6 is 0 Å². The average molecular weight is 267 g/mol. The third-order valence-corrected chi connectivity index (χ3v) is 4.05. The van der Waals surface area contributed by atoms with Crippen LogP contribution < -0.4 is 5.32 Å². The Balaban J connectivity index is 2.11. The predicted octanol–water partition coefficient (Wildman–Crippen LogP) is 4.07. The molecule has 1 saturated carbocycles. The van der Waals surface area contributed by atoms with Crippen molar-refractivity contribution >= 4 is 0 Å². The first kappa shape index (κ1) is 14.4. The molecule has 1 aliphatic carbocycles. The Kier molecular flexibility index (Phi) is 4.56. The van der Waals surface area contributed by atoms with Gasteiger partial charge in [-0.2, -0.15) is 0 Å². The zero-order valence-corrected chi connectivity index (χ0v) is 11.8. The number of benzene rings is 1. The summed E-state index contributed by atoms with van der Waals surface area (Å²) in [5.41, 5.74) is 0.954. The summed E-state index contributed by atoms with van der Waals surface area (Å²) in [4.78, 5) is 0. The maximum Gasteiger partial charge on any atom is 0.126 e. The van der Waals surface area contributed by atoms with Gasteiger partial charge in [-0.25, -0.2) is 8.78 Å². The Labute approximate surface area is 114 Å². The van der Waals surface area contributed by atoms with Crippen LogP contribution in [0.3, 0.4) is 0 Å².